The van der Waals surface area contributed by atoms with E-state index < -0.39 is 0 Å². The topological polar surface area (TPSA) is 71.1 Å². The number of nitrogens with one attached hydrogen (secondary N) is 1. The summed E-state index contributed by atoms with van der Waals surface area (Å²) >= 11 is 3.37. The van der Waals surface area contributed by atoms with E-state index in [2.05, 4.69) is 31.3 Å². The standard InChI is InChI=1S/C8H11BrN4O2/c9-3-6-5-15-2-1-13(6)8(14)7-4-10-12-11-7/h4,6H,1-3,5H2,(H,10,11,12). The van der Waals surface area contributed by atoms with Crippen LogP contribution in [-0.4, -0.2) is 57.3 Å². The second-order valence-electron chi connectivity index (χ2n) is 3.24. The molecule has 1 aliphatic rings. The molecule has 1 saturated heterocycles. The highest BCUT2D eigenvalue weighted by molar-refractivity contribution is 9.09. The monoisotopic (exact) mass is 274 g/mol. The van der Waals surface area contributed by atoms with Crippen molar-refractivity contribution in [2.24, 2.45) is 0 Å². The molecule has 6 nitrogen and oxygen atoms in total. The Morgan fingerprint density at radius 3 is 3.33 bits per heavy atom. The zero-order valence-electron chi connectivity index (χ0n) is 8.02. The van der Waals surface area contributed by atoms with Gasteiger partial charge in [0.25, 0.3) is 5.91 Å². The SMILES string of the molecule is O=C(c1cn[nH]n1)N1CCOCC1CBr. The molecule has 1 amide bonds. The lowest BCUT2D eigenvalue weighted by atomic mass is 10.2. The van der Waals surface area contributed by atoms with E-state index in [9.17, 15) is 4.79 Å². The summed E-state index contributed by atoms with van der Waals surface area (Å²) in [4.78, 5) is 13.7. The summed E-state index contributed by atoms with van der Waals surface area (Å²) in [6.45, 7) is 1.74. The number of H-pyrrole nitrogens is 1. The first-order valence-electron chi connectivity index (χ1n) is 4.63. The number of rotatable bonds is 2. The maximum atomic E-state index is 12.0. The molecule has 1 N–H and O–H groups in total. The maximum Gasteiger partial charge on any atom is 0.276 e. The second kappa shape index (κ2) is 4.71. The number of alkyl halides is 1. The summed E-state index contributed by atoms with van der Waals surface area (Å²) in [6, 6.07) is 0.0722. The van der Waals surface area contributed by atoms with E-state index in [-0.39, 0.29) is 11.9 Å². The van der Waals surface area contributed by atoms with Crippen molar-refractivity contribution in [2.75, 3.05) is 25.1 Å². The highest BCUT2D eigenvalue weighted by atomic mass is 79.9. The Morgan fingerprint density at radius 2 is 2.67 bits per heavy atom. The van der Waals surface area contributed by atoms with Crippen LogP contribution in [0.25, 0.3) is 0 Å². The van der Waals surface area contributed by atoms with Crippen LogP contribution in [0, 0.1) is 0 Å². The number of amides is 1. The van der Waals surface area contributed by atoms with Gasteiger partial charge in [0.15, 0.2) is 5.69 Å². The number of hydrogen-bond donors (Lipinski definition) is 1. The molecule has 0 saturated carbocycles. The van der Waals surface area contributed by atoms with Crippen LogP contribution in [-0.2, 0) is 4.74 Å². The number of morpholine rings is 1. The molecule has 0 radical (unpaired) electrons. The predicted molar refractivity (Wildman–Crippen MR) is 55.8 cm³/mol. The van der Waals surface area contributed by atoms with Gasteiger partial charge in [0, 0.05) is 11.9 Å². The van der Waals surface area contributed by atoms with Gasteiger partial charge in [-0.1, -0.05) is 15.9 Å². The third-order valence-electron chi connectivity index (χ3n) is 2.30. The van der Waals surface area contributed by atoms with Crippen LogP contribution < -0.4 is 0 Å². The molecule has 0 bridgehead atoms. The molecule has 1 aliphatic heterocycles. The quantitative estimate of drug-likeness (QED) is 0.774. The first kappa shape index (κ1) is 10.6. The van der Waals surface area contributed by atoms with Crippen LogP contribution in [0.2, 0.25) is 0 Å². The van der Waals surface area contributed by atoms with Crippen LogP contribution >= 0.6 is 15.9 Å². The van der Waals surface area contributed by atoms with Crippen molar-refractivity contribution in [3.8, 4) is 0 Å². The fraction of sp³-hybridized carbons (Fsp3) is 0.625. The number of aromatic nitrogens is 3. The molecular weight excluding hydrogens is 264 g/mol. The lowest BCUT2D eigenvalue weighted by molar-refractivity contribution is 0.00492. The van der Waals surface area contributed by atoms with Crippen molar-refractivity contribution in [2.45, 2.75) is 6.04 Å². The fourth-order valence-corrected chi connectivity index (χ4v) is 2.04. The minimum atomic E-state index is -0.100. The lowest BCUT2D eigenvalue weighted by Gasteiger charge is -2.33. The summed E-state index contributed by atoms with van der Waals surface area (Å²) in [5, 5.41) is 10.5. The van der Waals surface area contributed by atoms with E-state index in [4.69, 9.17) is 4.74 Å². The van der Waals surface area contributed by atoms with E-state index in [1.54, 1.807) is 4.90 Å². The molecule has 0 aromatic carbocycles. The Bertz CT molecular complexity index is 329. The van der Waals surface area contributed by atoms with Gasteiger partial charge in [-0.3, -0.25) is 4.79 Å². The molecule has 1 aromatic rings. The molecule has 0 aliphatic carbocycles. The van der Waals surface area contributed by atoms with E-state index in [1.807, 2.05) is 0 Å². The molecule has 82 valence electrons. The first-order chi connectivity index (χ1) is 7.33. The van der Waals surface area contributed by atoms with E-state index in [0.29, 0.717) is 30.8 Å². The van der Waals surface area contributed by atoms with Crippen LogP contribution in [0.5, 0.6) is 0 Å². The fourth-order valence-electron chi connectivity index (χ4n) is 1.50. The highest BCUT2D eigenvalue weighted by Crippen LogP contribution is 2.12. The molecule has 2 rings (SSSR count). The Labute approximate surface area is 95.1 Å². The maximum absolute atomic E-state index is 12.0. The Hall–Kier alpha value is -0.950. The van der Waals surface area contributed by atoms with Gasteiger partial charge in [0.1, 0.15) is 0 Å². The lowest BCUT2D eigenvalue weighted by Crippen LogP contribution is -2.49. The van der Waals surface area contributed by atoms with Gasteiger partial charge in [0.05, 0.1) is 25.5 Å². The Balaban J connectivity index is 2.11. The third-order valence-corrected chi connectivity index (χ3v) is 3.05. The molecular formula is C8H11BrN4O2. The highest BCUT2D eigenvalue weighted by Gasteiger charge is 2.28. The van der Waals surface area contributed by atoms with Gasteiger partial charge in [-0.05, 0) is 0 Å². The van der Waals surface area contributed by atoms with Crippen molar-refractivity contribution in [1.29, 1.82) is 0 Å². The number of hydrogen-bond acceptors (Lipinski definition) is 4. The minimum Gasteiger partial charge on any atom is -0.377 e. The molecule has 1 atom stereocenters. The normalized spacial score (nSPS) is 21.7. The second-order valence-corrected chi connectivity index (χ2v) is 3.88. The van der Waals surface area contributed by atoms with Crippen LogP contribution in [0.1, 0.15) is 10.5 Å². The van der Waals surface area contributed by atoms with E-state index in [0.717, 1.165) is 0 Å². The molecule has 2 heterocycles. The average molecular weight is 275 g/mol. The van der Waals surface area contributed by atoms with Crippen LogP contribution in [0.3, 0.4) is 0 Å². The summed E-state index contributed by atoms with van der Waals surface area (Å²) in [5.41, 5.74) is 0.350. The van der Waals surface area contributed by atoms with E-state index >= 15 is 0 Å². The van der Waals surface area contributed by atoms with Gasteiger partial charge < -0.3 is 9.64 Å². The molecule has 7 heteroatoms. The zero-order chi connectivity index (χ0) is 10.7. The first-order valence-corrected chi connectivity index (χ1v) is 5.75. The number of carbonyl (C=O) groups excluding carboxylic acids is 1. The number of ether oxygens (including phenoxy) is 1. The Morgan fingerprint density at radius 1 is 1.80 bits per heavy atom. The molecule has 15 heavy (non-hydrogen) atoms. The number of halogens is 1. The third kappa shape index (κ3) is 2.18. The molecule has 1 aromatic heterocycles. The number of aromatic amines is 1. The summed E-state index contributed by atoms with van der Waals surface area (Å²) in [6.07, 6.45) is 1.43. The van der Waals surface area contributed by atoms with Gasteiger partial charge in [0.2, 0.25) is 0 Å². The molecule has 0 spiro atoms. The van der Waals surface area contributed by atoms with Gasteiger partial charge >= 0.3 is 0 Å². The minimum absolute atomic E-state index is 0.0722. The van der Waals surface area contributed by atoms with Crippen molar-refractivity contribution in [3.63, 3.8) is 0 Å². The largest absolute Gasteiger partial charge is 0.377 e. The number of carbonyl (C=O) groups is 1. The van der Waals surface area contributed by atoms with Gasteiger partial charge in [-0.2, -0.15) is 15.4 Å². The smallest absolute Gasteiger partial charge is 0.276 e. The zero-order valence-corrected chi connectivity index (χ0v) is 9.61. The summed E-state index contributed by atoms with van der Waals surface area (Å²) < 4.78 is 5.30. The molecule has 1 unspecified atom stereocenters. The average Bonchev–Trinajstić information content (AvgIpc) is 2.81. The van der Waals surface area contributed by atoms with Gasteiger partial charge in [-0.25, -0.2) is 0 Å². The summed E-state index contributed by atoms with van der Waals surface area (Å²) in [7, 11) is 0. The van der Waals surface area contributed by atoms with E-state index in [1.165, 1.54) is 6.20 Å². The molecule has 1 fully saturated rings. The van der Waals surface area contributed by atoms with Gasteiger partial charge in [-0.15, -0.1) is 0 Å². The van der Waals surface area contributed by atoms with Crippen LogP contribution in [0.4, 0.5) is 0 Å². The number of nitrogens with zero attached hydrogens (tertiary/aromatic N) is 3. The predicted octanol–water partition coefficient (Wildman–Crippen LogP) is 0.0406. The van der Waals surface area contributed by atoms with Crippen molar-refractivity contribution in [3.05, 3.63) is 11.9 Å². The van der Waals surface area contributed by atoms with Crippen molar-refractivity contribution >= 4 is 21.8 Å². The Kier molecular flexibility index (Phi) is 3.32. The summed E-state index contributed by atoms with van der Waals surface area (Å²) in [5.74, 6) is -0.100. The van der Waals surface area contributed by atoms with Crippen molar-refractivity contribution in [1.82, 2.24) is 20.3 Å². The van der Waals surface area contributed by atoms with Crippen LogP contribution in [0.15, 0.2) is 6.20 Å². The van der Waals surface area contributed by atoms with Crippen molar-refractivity contribution < 1.29 is 9.53 Å².